The van der Waals surface area contributed by atoms with Gasteiger partial charge in [-0.15, -0.1) is 0 Å². The minimum absolute atomic E-state index is 0.0766. The van der Waals surface area contributed by atoms with Crippen molar-refractivity contribution in [1.82, 2.24) is 9.88 Å². The second-order valence-electron chi connectivity index (χ2n) is 6.73. The first-order valence-electron chi connectivity index (χ1n) is 8.85. The van der Waals surface area contributed by atoms with Gasteiger partial charge in [0.05, 0.1) is 5.56 Å². The Morgan fingerprint density at radius 1 is 1.16 bits per heavy atom. The molecule has 0 unspecified atom stereocenters. The molecule has 0 aliphatic heterocycles. The summed E-state index contributed by atoms with van der Waals surface area (Å²) in [5, 5.41) is 2.77. The zero-order valence-electron chi connectivity index (χ0n) is 14.2. The number of nitrogens with zero attached hydrogens (tertiary/aromatic N) is 1. The summed E-state index contributed by atoms with van der Waals surface area (Å²) in [5.41, 5.74) is 1.07. The number of hydrogen-bond acceptors (Lipinski definition) is 2. The van der Waals surface area contributed by atoms with E-state index >= 15 is 0 Å². The maximum Gasteiger partial charge on any atom is 0.253 e. The van der Waals surface area contributed by atoms with Gasteiger partial charge in [-0.1, -0.05) is 31.4 Å². The number of hydrogen-bond donors (Lipinski definition) is 1. The largest absolute Gasteiger partial charge is 0.348 e. The Balaban J connectivity index is 1.65. The van der Waals surface area contributed by atoms with Crippen molar-refractivity contribution in [1.29, 1.82) is 0 Å². The van der Waals surface area contributed by atoms with Gasteiger partial charge in [-0.05, 0) is 42.5 Å². The fourth-order valence-corrected chi connectivity index (χ4v) is 3.39. The zero-order chi connectivity index (χ0) is 17.6. The average molecular weight is 342 g/mol. The average Bonchev–Trinajstić information content (AvgIpc) is 2.62. The van der Waals surface area contributed by atoms with Crippen LogP contribution in [0.3, 0.4) is 0 Å². The summed E-state index contributed by atoms with van der Waals surface area (Å²) >= 11 is 0. The van der Waals surface area contributed by atoms with Crippen LogP contribution >= 0.6 is 0 Å². The van der Waals surface area contributed by atoms with Gasteiger partial charge in [0.2, 0.25) is 0 Å². The van der Waals surface area contributed by atoms with E-state index < -0.39 is 0 Å². The molecule has 132 valence electrons. The lowest BCUT2D eigenvalue weighted by molar-refractivity contribution is 0.0949. The van der Waals surface area contributed by atoms with E-state index in [9.17, 15) is 14.0 Å². The van der Waals surface area contributed by atoms with Crippen LogP contribution in [0.2, 0.25) is 0 Å². The van der Waals surface area contributed by atoms with Crippen LogP contribution < -0.4 is 10.9 Å². The Bertz CT molecular complexity index is 794. The van der Waals surface area contributed by atoms with E-state index in [-0.39, 0.29) is 23.8 Å². The van der Waals surface area contributed by atoms with Gasteiger partial charge in [0.15, 0.2) is 0 Å². The van der Waals surface area contributed by atoms with E-state index in [1.165, 1.54) is 37.5 Å². The highest BCUT2D eigenvalue weighted by Gasteiger charge is 2.15. The molecule has 1 N–H and O–H groups in total. The fraction of sp³-hybridized carbons (Fsp3) is 0.400. The fourth-order valence-electron chi connectivity index (χ4n) is 3.39. The number of nitrogens with one attached hydrogen (secondary N) is 1. The van der Waals surface area contributed by atoms with Crippen molar-refractivity contribution in [2.75, 3.05) is 0 Å². The predicted molar refractivity (Wildman–Crippen MR) is 94.8 cm³/mol. The minimum Gasteiger partial charge on any atom is -0.348 e. The third-order valence-electron chi connectivity index (χ3n) is 4.77. The molecule has 1 aromatic carbocycles. The van der Waals surface area contributed by atoms with E-state index in [0.717, 1.165) is 12.8 Å². The van der Waals surface area contributed by atoms with Gasteiger partial charge < -0.3 is 9.88 Å². The van der Waals surface area contributed by atoms with Crippen LogP contribution in [0.15, 0.2) is 47.4 Å². The minimum atomic E-state index is -0.326. The maximum absolute atomic E-state index is 13.2. The quantitative estimate of drug-likeness (QED) is 0.904. The Labute approximate surface area is 146 Å². The molecular weight excluding hydrogens is 319 g/mol. The Morgan fingerprint density at radius 3 is 2.72 bits per heavy atom. The van der Waals surface area contributed by atoms with Crippen LogP contribution in [0.4, 0.5) is 4.39 Å². The number of carbonyl (C=O) groups excluding carboxylic acids is 1. The Hall–Kier alpha value is -2.43. The van der Waals surface area contributed by atoms with Crippen LogP contribution in [-0.2, 0) is 13.1 Å². The SMILES string of the molecule is O=C(NCc1cccc(F)c1)c1ccc(=O)n(CC2CCCCC2)c1. The summed E-state index contributed by atoms with van der Waals surface area (Å²) in [5.74, 6) is -0.0773. The van der Waals surface area contributed by atoms with Crippen LogP contribution in [-0.4, -0.2) is 10.5 Å². The lowest BCUT2D eigenvalue weighted by Gasteiger charge is -2.22. The van der Waals surface area contributed by atoms with Gasteiger partial charge >= 0.3 is 0 Å². The second-order valence-corrected chi connectivity index (χ2v) is 6.73. The van der Waals surface area contributed by atoms with Crippen molar-refractivity contribution >= 4 is 5.91 Å². The number of rotatable bonds is 5. The van der Waals surface area contributed by atoms with Crippen molar-refractivity contribution in [3.63, 3.8) is 0 Å². The highest BCUT2D eigenvalue weighted by molar-refractivity contribution is 5.93. The number of aromatic nitrogens is 1. The first kappa shape index (κ1) is 17.4. The molecule has 1 amide bonds. The molecule has 0 spiro atoms. The monoisotopic (exact) mass is 342 g/mol. The van der Waals surface area contributed by atoms with E-state index in [2.05, 4.69) is 5.32 Å². The predicted octanol–water partition coefficient (Wildman–Crippen LogP) is 3.50. The van der Waals surface area contributed by atoms with Crippen LogP contribution in [0.5, 0.6) is 0 Å². The van der Waals surface area contributed by atoms with Gasteiger partial charge in [0.1, 0.15) is 5.82 Å². The standard InChI is InChI=1S/C20H23FN2O2/c21-18-8-4-7-16(11-18)12-22-20(25)17-9-10-19(24)23(14-17)13-15-5-2-1-3-6-15/h4,7-11,14-15H,1-3,5-6,12-13H2,(H,22,25). The molecule has 1 aromatic heterocycles. The first-order valence-corrected chi connectivity index (χ1v) is 8.85. The summed E-state index contributed by atoms with van der Waals surface area (Å²) in [7, 11) is 0. The van der Waals surface area contributed by atoms with Gasteiger partial charge in [-0.3, -0.25) is 9.59 Å². The van der Waals surface area contributed by atoms with Gasteiger partial charge in [0.25, 0.3) is 11.5 Å². The van der Waals surface area contributed by atoms with Gasteiger partial charge in [-0.25, -0.2) is 4.39 Å². The molecule has 0 radical (unpaired) electrons. The Kier molecular flexibility index (Phi) is 5.64. The first-order chi connectivity index (χ1) is 12.1. The topological polar surface area (TPSA) is 51.1 Å². The van der Waals surface area contributed by atoms with E-state index in [4.69, 9.17) is 0 Å². The highest BCUT2D eigenvalue weighted by Crippen LogP contribution is 2.24. The maximum atomic E-state index is 13.2. The summed E-state index contributed by atoms with van der Waals surface area (Å²) in [6, 6.07) is 9.12. The molecule has 0 atom stereocenters. The molecule has 1 saturated carbocycles. The van der Waals surface area contributed by atoms with E-state index in [0.29, 0.717) is 23.6 Å². The second kappa shape index (κ2) is 8.10. The molecule has 4 nitrogen and oxygen atoms in total. The highest BCUT2D eigenvalue weighted by atomic mass is 19.1. The lowest BCUT2D eigenvalue weighted by atomic mass is 9.89. The molecule has 25 heavy (non-hydrogen) atoms. The van der Waals surface area contributed by atoms with Crippen molar-refractivity contribution in [2.45, 2.75) is 45.2 Å². The molecule has 0 saturated heterocycles. The third kappa shape index (κ3) is 4.78. The summed E-state index contributed by atoms with van der Waals surface area (Å²) in [6.45, 7) is 0.919. The number of amides is 1. The molecule has 5 heteroatoms. The summed E-state index contributed by atoms with van der Waals surface area (Å²) < 4.78 is 14.8. The van der Waals surface area contributed by atoms with Crippen molar-refractivity contribution in [2.24, 2.45) is 5.92 Å². The van der Waals surface area contributed by atoms with Gasteiger partial charge in [-0.2, -0.15) is 0 Å². The molecule has 3 rings (SSSR count). The molecule has 1 heterocycles. The molecule has 1 aliphatic rings. The molecule has 0 bridgehead atoms. The normalized spacial score (nSPS) is 15.1. The van der Waals surface area contributed by atoms with Crippen LogP contribution in [0.25, 0.3) is 0 Å². The summed E-state index contributed by atoms with van der Waals surface area (Å²) in [6.07, 6.45) is 7.62. The lowest BCUT2D eigenvalue weighted by Crippen LogP contribution is -2.28. The smallest absolute Gasteiger partial charge is 0.253 e. The number of benzene rings is 1. The van der Waals surface area contributed by atoms with Crippen molar-refractivity contribution in [3.05, 3.63) is 69.9 Å². The van der Waals surface area contributed by atoms with E-state index in [1.54, 1.807) is 29.0 Å². The van der Waals surface area contributed by atoms with Gasteiger partial charge in [0, 0.05) is 25.4 Å². The molecule has 1 fully saturated rings. The van der Waals surface area contributed by atoms with E-state index in [1.807, 2.05) is 0 Å². The zero-order valence-corrected chi connectivity index (χ0v) is 14.2. The molecular formula is C20H23FN2O2. The van der Waals surface area contributed by atoms with Crippen LogP contribution in [0.1, 0.15) is 48.0 Å². The number of halogens is 1. The Morgan fingerprint density at radius 2 is 1.96 bits per heavy atom. The summed E-state index contributed by atoms with van der Waals surface area (Å²) in [4.78, 5) is 24.4. The number of pyridine rings is 1. The van der Waals surface area contributed by atoms with Crippen molar-refractivity contribution in [3.8, 4) is 0 Å². The molecule has 2 aromatic rings. The van der Waals surface area contributed by atoms with Crippen LogP contribution in [0, 0.1) is 11.7 Å². The molecule has 1 aliphatic carbocycles. The third-order valence-corrected chi connectivity index (χ3v) is 4.77. The van der Waals surface area contributed by atoms with Crippen molar-refractivity contribution < 1.29 is 9.18 Å². The number of carbonyl (C=O) groups is 1.